The second-order valence-corrected chi connectivity index (χ2v) is 6.78. The lowest BCUT2D eigenvalue weighted by molar-refractivity contribution is 0.340. The first-order chi connectivity index (χ1) is 14.2. The van der Waals surface area contributed by atoms with Crippen molar-refractivity contribution in [3.63, 3.8) is 0 Å². The van der Waals surface area contributed by atoms with Crippen molar-refractivity contribution in [3.05, 3.63) is 77.8 Å². The molecule has 0 aliphatic heterocycles. The van der Waals surface area contributed by atoms with E-state index in [1.54, 1.807) is 7.11 Å². The molecule has 0 amide bonds. The number of hydrogen-bond acceptors (Lipinski definition) is 4. The van der Waals surface area contributed by atoms with Gasteiger partial charge in [0.05, 0.1) is 13.7 Å². The molecule has 5 nitrogen and oxygen atoms in total. The smallest absolute Gasteiger partial charge is 0.168 e. The predicted molar refractivity (Wildman–Crippen MR) is 115 cm³/mol. The van der Waals surface area contributed by atoms with Crippen LogP contribution in [0.4, 0.5) is 0 Å². The molecule has 0 spiro atoms. The zero-order valence-electron chi connectivity index (χ0n) is 16.2. The molecular weight excluding hydrogens is 386 g/mol. The first-order valence-electron chi connectivity index (χ1n) is 9.28. The Morgan fingerprint density at radius 3 is 1.79 bits per heavy atom. The third-order valence-corrected chi connectivity index (χ3v) is 4.77. The van der Waals surface area contributed by atoms with E-state index in [9.17, 15) is 0 Å². The van der Waals surface area contributed by atoms with Crippen molar-refractivity contribution in [1.29, 1.82) is 0 Å². The van der Waals surface area contributed by atoms with Gasteiger partial charge in [-0.25, -0.2) is 0 Å². The maximum atomic E-state index is 6.06. The van der Waals surface area contributed by atoms with Gasteiger partial charge in [-0.1, -0.05) is 11.6 Å². The highest BCUT2D eigenvalue weighted by atomic mass is 35.5. The molecule has 0 radical (unpaired) electrons. The van der Waals surface area contributed by atoms with Gasteiger partial charge in [0.1, 0.15) is 11.5 Å². The van der Waals surface area contributed by atoms with Crippen LogP contribution in [-0.4, -0.2) is 28.5 Å². The molecule has 3 aromatic carbocycles. The average molecular weight is 406 g/mol. The normalized spacial score (nSPS) is 10.7. The van der Waals surface area contributed by atoms with Gasteiger partial charge in [-0.15, -0.1) is 10.2 Å². The number of benzene rings is 3. The lowest BCUT2D eigenvalue weighted by Crippen LogP contribution is -2.00. The summed E-state index contributed by atoms with van der Waals surface area (Å²) in [4.78, 5) is 0. The van der Waals surface area contributed by atoms with Crippen LogP contribution in [0, 0.1) is 0 Å². The average Bonchev–Trinajstić information content (AvgIpc) is 3.20. The van der Waals surface area contributed by atoms with E-state index in [4.69, 9.17) is 21.1 Å². The zero-order valence-corrected chi connectivity index (χ0v) is 16.9. The van der Waals surface area contributed by atoms with Crippen molar-refractivity contribution in [2.24, 2.45) is 0 Å². The minimum atomic E-state index is 0.627. The van der Waals surface area contributed by atoms with E-state index < -0.39 is 0 Å². The topological polar surface area (TPSA) is 49.2 Å². The highest BCUT2D eigenvalue weighted by Gasteiger charge is 2.17. The monoisotopic (exact) mass is 405 g/mol. The van der Waals surface area contributed by atoms with Gasteiger partial charge >= 0.3 is 0 Å². The fraction of sp³-hybridized carbons (Fsp3) is 0.130. The van der Waals surface area contributed by atoms with Gasteiger partial charge in [-0.2, -0.15) is 0 Å². The van der Waals surface area contributed by atoms with E-state index in [1.165, 1.54) is 0 Å². The standard InChI is InChI=1S/C23H20ClN3O2/c1-3-29-21-12-6-17(7-13-21)23-26-25-22(16-4-8-18(24)9-5-16)27(23)19-10-14-20(28-2)15-11-19/h4-15H,3H2,1-2H3. The molecule has 0 N–H and O–H groups in total. The lowest BCUT2D eigenvalue weighted by Gasteiger charge is -2.12. The molecule has 1 heterocycles. The minimum absolute atomic E-state index is 0.627. The first-order valence-corrected chi connectivity index (χ1v) is 9.66. The summed E-state index contributed by atoms with van der Waals surface area (Å²) >= 11 is 6.06. The van der Waals surface area contributed by atoms with Crippen LogP contribution in [0.2, 0.25) is 5.02 Å². The first kappa shape index (κ1) is 19.0. The fourth-order valence-electron chi connectivity index (χ4n) is 3.10. The summed E-state index contributed by atoms with van der Waals surface area (Å²) in [5, 5.41) is 9.64. The van der Waals surface area contributed by atoms with Crippen LogP contribution in [0.3, 0.4) is 0 Å². The summed E-state index contributed by atoms with van der Waals surface area (Å²) in [5.74, 6) is 3.08. The summed E-state index contributed by atoms with van der Waals surface area (Å²) in [6, 6.07) is 23.2. The molecule has 0 unspecified atom stereocenters. The maximum absolute atomic E-state index is 6.06. The van der Waals surface area contributed by atoms with Crippen molar-refractivity contribution in [3.8, 4) is 40.0 Å². The van der Waals surface area contributed by atoms with Gasteiger partial charge in [-0.05, 0) is 79.7 Å². The van der Waals surface area contributed by atoms with Gasteiger partial charge in [0.15, 0.2) is 11.6 Å². The molecular formula is C23H20ClN3O2. The summed E-state index contributed by atoms with van der Waals surface area (Å²) in [6.07, 6.45) is 0. The highest BCUT2D eigenvalue weighted by Crippen LogP contribution is 2.30. The van der Waals surface area contributed by atoms with E-state index in [-0.39, 0.29) is 0 Å². The lowest BCUT2D eigenvalue weighted by atomic mass is 10.1. The Morgan fingerprint density at radius 2 is 1.28 bits per heavy atom. The Hall–Kier alpha value is -3.31. The Kier molecular flexibility index (Phi) is 5.49. The molecule has 6 heteroatoms. The van der Waals surface area contributed by atoms with Crippen molar-refractivity contribution in [1.82, 2.24) is 14.8 Å². The third kappa shape index (κ3) is 3.96. The molecule has 0 saturated heterocycles. The Labute approximate surface area is 174 Å². The minimum Gasteiger partial charge on any atom is -0.497 e. The highest BCUT2D eigenvalue weighted by molar-refractivity contribution is 6.30. The van der Waals surface area contributed by atoms with E-state index in [2.05, 4.69) is 10.2 Å². The molecule has 0 aliphatic rings. The summed E-state index contributed by atoms with van der Waals surface area (Å²) in [6.45, 7) is 2.59. The number of aromatic nitrogens is 3. The van der Waals surface area contributed by atoms with E-state index >= 15 is 0 Å². The quantitative estimate of drug-likeness (QED) is 0.415. The molecule has 146 valence electrons. The van der Waals surface area contributed by atoms with Crippen molar-refractivity contribution in [2.45, 2.75) is 6.92 Å². The number of methoxy groups -OCH3 is 1. The Morgan fingerprint density at radius 1 is 0.759 bits per heavy atom. The van der Waals surface area contributed by atoms with Crippen LogP contribution in [0.5, 0.6) is 11.5 Å². The van der Waals surface area contributed by atoms with Crippen LogP contribution in [0.15, 0.2) is 72.8 Å². The van der Waals surface area contributed by atoms with Crippen molar-refractivity contribution >= 4 is 11.6 Å². The van der Waals surface area contributed by atoms with Crippen LogP contribution in [0.1, 0.15) is 6.92 Å². The second kappa shape index (κ2) is 8.37. The van der Waals surface area contributed by atoms with Gasteiger partial charge in [-0.3, -0.25) is 4.57 Å². The fourth-order valence-corrected chi connectivity index (χ4v) is 3.23. The van der Waals surface area contributed by atoms with Crippen LogP contribution in [-0.2, 0) is 0 Å². The predicted octanol–water partition coefficient (Wildman–Crippen LogP) is 5.66. The van der Waals surface area contributed by atoms with E-state index in [0.29, 0.717) is 11.6 Å². The number of nitrogens with zero attached hydrogens (tertiary/aromatic N) is 3. The summed E-state index contributed by atoms with van der Waals surface area (Å²) < 4.78 is 12.9. The number of hydrogen-bond donors (Lipinski definition) is 0. The summed E-state index contributed by atoms with van der Waals surface area (Å²) in [5.41, 5.74) is 2.80. The molecule has 0 atom stereocenters. The Balaban J connectivity index is 1.85. The van der Waals surface area contributed by atoms with E-state index in [1.807, 2.05) is 84.3 Å². The number of ether oxygens (including phenoxy) is 2. The summed E-state index contributed by atoms with van der Waals surface area (Å²) in [7, 11) is 1.65. The van der Waals surface area contributed by atoms with E-state index in [0.717, 1.165) is 40.0 Å². The van der Waals surface area contributed by atoms with Crippen LogP contribution >= 0.6 is 11.6 Å². The third-order valence-electron chi connectivity index (χ3n) is 4.52. The molecule has 29 heavy (non-hydrogen) atoms. The van der Waals surface area contributed by atoms with Crippen molar-refractivity contribution < 1.29 is 9.47 Å². The number of halogens is 1. The van der Waals surface area contributed by atoms with Crippen LogP contribution in [0.25, 0.3) is 28.5 Å². The van der Waals surface area contributed by atoms with Crippen LogP contribution < -0.4 is 9.47 Å². The molecule has 0 saturated carbocycles. The van der Waals surface area contributed by atoms with Gasteiger partial charge in [0.2, 0.25) is 0 Å². The number of rotatable bonds is 6. The Bertz CT molecular complexity index is 1090. The largest absolute Gasteiger partial charge is 0.497 e. The molecule has 4 aromatic rings. The molecule has 0 bridgehead atoms. The molecule has 4 rings (SSSR count). The SMILES string of the molecule is CCOc1ccc(-c2nnc(-c3ccc(Cl)cc3)n2-c2ccc(OC)cc2)cc1. The van der Waals surface area contributed by atoms with Gasteiger partial charge in [0, 0.05) is 21.8 Å². The molecule has 0 aliphatic carbocycles. The second-order valence-electron chi connectivity index (χ2n) is 6.34. The zero-order chi connectivity index (χ0) is 20.2. The van der Waals surface area contributed by atoms with Gasteiger partial charge < -0.3 is 9.47 Å². The molecule has 1 aromatic heterocycles. The molecule has 0 fully saturated rings. The van der Waals surface area contributed by atoms with Gasteiger partial charge in [0.25, 0.3) is 0 Å². The maximum Gasteiger partial charge on any atom is 0.168 e. The van der Waals surface area contributed by atoms with Crippen molar-refractivity contribution in [2.75, 3.05) is 13.7 Å².